The van der Waals surface area contributed by atoms with Crippen molar-refractivity contribution in [3.63, 3.8) is 0 Å². The van der Waals surface area contributed by atoms with Crippen LogP contribution in [0.2, 0.25) is 0 Å². The van der Waals surface area contributed by atoms with Crippen LogP contribution in [0, 0.1) is 23.6 Å². The summed E-state index contributed by atoms with van der Waals surface area (Å²) in [6.07, 6.45) is 11.0. The molecule has 192 valence electrons. The van der Waals surface area contributed by atoms with Crippen LogP contribution in [0.4, 0.5) is 4.39 Å². The van der Waals surface area contributed by atoms with Gasteiger partial charge in [0.05, 0.1) is 12.1 Å². The summed E-state index contributed by atoms with van der Waals surface area (Å²) in [6.45, 7) is 2.24. The zero-order chi connectivity index (χ0) is 25.3. The van der Waals surface area contributed by atoms with Crippen LogP contribution in [-0.2, 0) is 14.3 Å². The van der Waals surface area contributed by atoms with Gasteiger partial charge in [0.2, 0.25) is 5.91 Å². The highest BCUT2D eigenvalue weighted by Gasteiger charge is 2.58. The van der Waals surface area contributed by atoms with Crippen molar-refractivity contribution in [1.29, 1.82) is 0 Å². The van der Waals surface area contributed by atoms with E-state index in [1.54, 1.807) is 17.0 Å². The van der Waals surface area contributed by atoms with Gasteiger partial charge in [-0.3, -0.25) is 19.5 Å². The molecule has 7 rings (SSSR count). The van der Waals surface area contributed by atoms with Crippen molar-refractivity contribution in [2.45, 2.75) is 44.1 Å². The van der Waals surface area contributed by atoms with E-state index >= 15 is 4.39 Å². The first-order chi connectivity index (χ1) is 17.9. The van der Waals surface area contributed by atoms with Gasteiger partial charge in [-0.05, 0) is 79.9 Å². The summed E-state index contributed by atoms with van der Waals surface area (Å²) in [5.74, 6) is 2.47. The van der Waals surface area contributed by atoms with E-state index in [-0.39, 0.29) is 35.4 Å². The van der Waals surface area contributed by atoms with E-state index < -0.39 is 5.54 Å². The van der Waals surface area contributed by atoms with Crippen molar-refractivity contribution < 1.29 is 18.7 Å². The van der Waals surface area contributed by atoms with Crippen LogP contribution in [0.5, 0.6) is 0 Å². The molecule has 0 radical (unpaired) electrons. The number of fused-ring (bicyclic) bond motifs is 1. The maximum atomic E-state index is 15.6. The van der Waals surface area contributed by atoms with Crippen LogP contribution in [-0.4, -0.2) is 59.2 Å². The zero-order valence-electron chi connectivity index (χ0n) is 20.8. The first-order valence-corrected chi connectivity index (χ1v) is 13.4. The van der Waals surface area contributed by atoms with Crippen molar-refractivity contribution in [3.05, 3.63) is 64.9 Å². The molecule has 1 saturated heterocycles. The Balaban J connectivity index is 1.11. The fraction of sp³-hybridized carbons (Fsp3) is 0.483. The smallest absolute Gasteiger partial charge is 0.256 e. The Bertz CT molecular complexity index is 1320. The second kappa shape index (κ2) is 8.38. The summed E-state index contributed by atoms with van der Waals surface area (Å²) in [6, 6.07) is 5.23. The fourth-order valence-corrected chi connectivity index (χ4v) is 6.10. The Kier molecular flexibility index (Phi) is 5.19. The number of amidine groups is 1. The molecule has 3 aliphatic carbocycles. The van der Waals surface area contributed by atoms with E-state index in [9.17, 15) is 9.59 Å². The van der Waals surface area contributed by atoms with Gasteiger partial charge in [-0.1, -0.05) is 12.1 Å². The van der Waals surface area contributed by atoms with E-state index in [4.69, 9.17) is 15.5 Å². The van der Waals surface area contributed by atoms with Crippen molar-refractivity contribution >= 4 is 23.2 Å². The Hall–Kier alpha value is -3.26. The van der Waals surface area contributed by atoms with Crippen molar-refractivity contribution in [3.8, 4) is 0 Å². The number of benzene rings is 1. The molecule has 8 heteroatoms. The van der Waals surface area contributed by atoms with Crippen molar-refractivity contribution in [2.24, 2.45) is 28.5 Å². The number of halogens is 1. The average Bonchev–Trinajstić information content (AvgIpc) is 3.79. The highest BCUT2D eigenvalue weighted by molar-refractivity contribution is 6.16. The number of rotatable bonds is 6. The van der Waals surface area contributed by atoms with Crippen LogP contribution in [0.15, 0.2) is 52.9 Å². The Morgan fingerprint density at radius 3 is 2.78 bits per heavy atom. The third-order valence-electron chi connectivity index (χ3n) is 8.58. The highest BCUT2D eigenvalue weighted by Crippen LogP contribution is 2.47. The monoisotopic (exact) mass is 502 g/mol. The van der Waals surface area contributed by atoms with Gasteiger partial charge < -0.3 is 15.4 Å². The second-order valence-electron chi connectivity index (χ2n) is 11.3. The molecule has 2 amide bonds. The molecule has 0 aromatic heterocycles. The van der Waals surface area contributed by atoms with Gasteiger partial charge in [0, 0.05) is 31.5 Å². The molecule has 6 aliphatic rings. The van der Waals surface area contributed by atoms with Crippen LogP contribution in [0.3, 0.4) is 0 Å². The Labute approximate surface area is 215 Å². The molecule has 1 spiro atoms. The molecule has 3 aliphatic heterocycles. The number of nitrogens with two attached hydrogens (primary N) is 1. The maximum absolute atomic E-state index is 15.6. The second-order valence-corrected chi connectivity index (χ2v) is 11.3. The topological polar surface area (TPSA) is 88.2 Å². The molecule has 37 heavy (non-hydrogen) atoms. The van der Waals surface area contributed by atoms with E-state index in [0.29, 0.717) is 43.9 Å². The van der Waals surface area contributed by atoms with Crippen LogP contribution >= 0.6 is 0 Å². The summed E-state index contributed by atoms with van der Waals surface area (Å²) >= 11 is 0. The lowest BCUT2D eigenvalue weighted by Crippen LogP contribution is -2.41. The summed E-state index contributed by atoms with van der Waals surface area (Å²) in [4.78, 5) is 34.3. The van der Waals surface area contributed by atoms with Crippen LogP contribution < -0.4 is 5.73 Å². The van der Waals surface area contributed by atoms with Gasteiger partial charge in [-0.25, -0.2) is 4.39 Å². The quantitative estimate of drug-likeness (QED) is 0.646. The molecular weight excluding hydrogens is 471 g/mol. The lowest BCUT2D eigenvalue weighted by molar-refractivity contribution is -0.131. The van der Waals surface area contributed by atoms with Gasteiger partial charge in [-0.15, -0.1) is 0 Å². The number of aliphatic imine (C=N–C) groups is 1. The average molecular weight is 503 g/mol. The number of likely N-dealkylation sites (tertiary alicyclic amines) is 1. The third-order valence-corrected chi connectivity index (χ3v) is 8.58. The molecule has 1 aromatic carbocycles. The van der Waals surface area contributed by atoms with Gasteiger partial charge in [0.1, 0.15) is 28.7 Å². The molecule has 0 bridgehead atoms. The predicted octanol–water partition coefficient (Wildman–Crippen LogP) is 3.37. The van der Waals surface area contributed by atoms with E-state index in [1.807, 2.05) is 29.2 Å². The number of hydrogen-bond acceptors (Lipinski definition) is 5. The van der Waals surface area contributed by atoms with Crippen molar-refractivity contribution in [2.75, 3.05) is 26.2 Å². The van der Waals surface area contributed by atoms with E-state index in [2.05, 4.69) is 0 Å². The number of carbonyl (C=O) groups is 2. The van der Waals surface area contributed by atoms with Crippen LogP contribution in [0.25, 0.3) is 5.57 Å². The number of nitrogens with zero attached hydrogens (tertiary/aromatic N) is 3. The molecule has 2 atom stereocenters. The summed E-state index contributed by atoms with van der Waals surface area (Å²) in [7, 11) is 0. The Morgan fingerprint density at radius 1 is 1.22 bits per heavy atom. The largest absolute Gasteiger partial charge is 0.464 e. The molecule has 1 aromatic rings. The number of amides is 2. The van der Waals surface area contributed by atoms with E-state index in [0.717, 1.165) is 54.9 Å². The number of allylic oxidation sites excluding steroid dienone is 4. The van der Waals surface area contributed by atoms with Crippen molar-refractivity contribution in [1.82, 2.24) is 9.80 Å². The maximum Gasteiger partial charge on any atom is 0.256 e. The van der Waals surface area contributed by atoms with E-state index in [1.165, 1.54) is 0 Å². The first-order valence-electron chi connectivity index (χ1n) is 13.4. The van der Waals surface area contributed by atoms with Gasteiger partial charge in [0.25, 0.3) is 5.91 Å². The lowest BCUT2D eigenvalue weighted by atomic mass is 9.88. The molecule has 3 heterocycles. The normalized spacial score (nSPS) is 27.6. The van der Waals surface area contributed by atoms with Gasteiger partial charge in [-0.2, -0.15) is 0 Å². The summed E-state index contributed by atoms with van der Waals surface area (Å²) in [5.41, 5.74) is 7.23. The SMILES string of the molecule is NCC1=CC2CC(c3ccc(C4=NC5(CC5)C(=O)N4C[C@@H]4CCN(C(=O)C5CC5)C4)c(F)c3)=CC=C2O1. The summed E-state index contributed by atoms with van der Waals surface area (Å²) in [5, 5.41) is 0. The predicted molar refractivity (Wildman–Crippen MR) is 136 cm³/mol. The zero-order valence-corrected chi connectivity index (χ0v) is 20.8. The highest BCUT2D eigenvalue weighted by atomic mass is 19.1. The minimum atomic E-state index is -0.703. The molecule has 2 N–H and O–H groups in total. The molecule has 2 saturated carbocycles. The Morgan fingerprint density at radius 2 is 2.05 bits per heavy atom. The standard InChI is InChI=1S/C29H31FN4O3/c30-24-13-20(19-4-6-25-21(11-19)12-22(14-31)37-25)3-5-23(24)26-32-29(8-9-29)28(36)34(26)16-17-7-10-33(15-17)27(35)18-1-2-18/h3-6,12-13,17-18,21H,1-2,7-11,14-16,31H2/t17-,21?/m1/s1. The van der Waals surface area contributed by atoms with Gasteiger partial charge >= 0.3 is 0 Å². The van der Waals surface area contributed by atoms with Gasteiger partial charge in [0.15, 0.2) is 0 Å². The molecular formula is C29H31FN4O3. The first kappa shape index (κ1) is 22.9. The minimum absolute atomic E-state index is 0.0191. The molecule has 1 unspecified atom stereocenters. The fourth-order valence-electron chi connectivity index (χ4n) is 6.10. The molecule has 7 nitrogen and oxygen atoms in total. The number of carbonyl (C=O) groups excluding carboxylic acids is 2. The number of hydrogen-bond donors (Lipinski definition) is 1. The minimum Gasteiger partial charge on any atom is -0.464 e. The van der Waals surface area contributed by atoms with Crippen LogP contribution in [0.1, 0.15) is 49.7 Å². The number of ether oxygens (including phenoxy) is 1. The summed E-state index contributed by atoms with van der Waals surface area (Å²) < 4.78 is 21.4. The molecule has 3 fully saturated rings. The lowest BCUT2D eigenvalue weighted by Gasteiger charge is -2.24. The third kappa shape index (κ3) is 3.93.